The van der Waals surface area contributed by atoms with E-state index in [1.807, 2.05) is 6.07 Å². The van der Waals surface area contributed by atoms with Crippen molar-refractivity contribution in [2.45, 2.75) is 31.7 Å². The first-order valence-corrected chi connectivity index (χ1v) is 6.77. The summed E-state index contributed by atoms with van der Waals surface area (Å²) in [5, 5.41) is 12.9. The van der Waals surface area contributed by atoms with E-state index >= 15 is 0 Å². The van der Waals surface area contributed by atoms with Crippen LogP contribution in [0.2, 0.25) is 0 Å². The van der Waals surface area contributed by atoms with Gasteiger partial charge in [-0.15, -0.1) is 0 Å². The quantitative estimate of drug-likeness (QED) is 0.489. The van der Waals surface area contributed by atoms with Crippen LogP contribution in [0.3, 0.4) is 0 Å². The molecule has 0 unspecified atom stereocenters. The third-order valence-corrected chi connectivity index (χ3v) is 3.21. The molecule has 6 nitrogen and oxygen atoms in total. The summed E-state index contributed by atoms with van der Waals surface area (Å²) < 4.78 is 5.38. The van der Waals surface area contributed by atoms with Crippen LogP contribution in [-0.2, 0) is 0 Å². The topological polar surface area (TPSA) is 100 Å². The summed E-state index contributed by atoms with van der Waals surface area (Å²) in [4.78, 5) is 11.9. The molecule has 1 aliphatic carbocycles. The van der Waals surface area contributed by atoms with Gasteiger partial charge < -0.3 is 21.1 Å². The Balaban J connectivity index is 1.93. The van der Waals surface area contributed by atoms with Crippen molar-refractivity contribution in [1.82, 2.24) is 5.32 Å². The van der Waals surface area contributed by atoms with Gasteiger partial charge in [-0.05, 0) is 25.0 Å². The van der Waals surface area contributed by atoms with Gasteiger partial charge >= 0.3 is 6.03 Å². The molecule has 1 aromatic rings. The predicted octanol–water partition coefficient (Wildman–Crippen LogP) is 2.07. The normalized spacial score (nSPS) is 14.8. The molecule has 0 aromatic heterocycles. The van der Waals surface area contributed by atoms with Crippen LogP contribution in [0.25, 0.3) is 0 Å². The largest absolute Gasteiger partial charge is 0.484 e. The van der Waals surface area contributed by atoms with Crippen LogP contribution in [0, 0.1) is 5.41 Å². The van der Waals surface area contributed by atoms with Crippen LogP contribution in [0.15, 0.2) is 24.3 Å². The van der Waals surface area contributed by atoms with Gasteiger partial charge in [0.2, 0.25) is 0 Å². The van der Waals surface area contributed by atoms with Gasteiger partial charge in [0.05, 0.1) is 5.69 Å². The van der Waals surface area contributed by atoms with Gasteiger partial charge in [-0.1, -0.05) is 25.0 Å². The molecule has 0 spiro atoms. The number of ether oxygens (including phenoxy) is 1. The maximum absolute atomic E-state index is 11.9. The molecule has 0 heterocycles. The Kier molecular flexibility index (Phi) is 4.81. The summed E-state index contributed by atoms with van der Waals surface area (Å²) in [5.74, 6) is 0.444. The highest BCUT2D eigenvalue weighted by atomic mass is 16.5. The van der Waals surface area contributed by atoms with Crippen molar-refractivity contribution < 1.29 is 9.53 Å². The number of benzene rings is 1. The molecule has 0 aliphatic heterocycles. The summed E-state index contributed by atoms with van der Waals surface area (Å²) in [6.07, 6.45) is 4.41. The Bertz CT molecular complexity index is 484. The molecule has 6 heteroatoms. The molecular weight excluding hydrogens is 256 g/mol. The van der Waals surface area contributed by atoms with E-state index in [9.17, 15) is 4.79 Å². The fourth-order valence-corrected chi connectivity index (χ4v) is 2.27. The van der Waals surface area contributed by atoms with Gasteiger partial charge in [0, 0.05) is 6.04 Å². The van der Waals surface area contributed by atoms with Gasteiger partial charge in [-0.2, -0.15) is 0 Å². The zero-order chi connectivity index (χ0) is 14.4. The Hall–Kier alpha value is -2.24. The van der Waals surface area contributed by atoms with Crippen molar-refractivity contribution in [3.05, 3.63) is 24.3 Å². The van der Waals surface area contributed by atoms with E-state index < -0.39 is 0 Å². The summed E-state index contributed by atoms with van der Waals surface area (Å²) in [6, 6.07) is 7.13. The smallest absolute Gasteiger partial charge is 0.319 e. The van der Waals surface area contributed by atoms with Gasteiger partial charge in [0.25, 0.3) is 0 Å². The standard InChI is InChI=1S/C14H20N4O2/c15-13(16)9-20-12-8-4-3-7-11(12)18-14(19)17-10-5-1-2-6-10/h3-4,7-8,10H,1-2,5-6,9H2,(H3,15,16)(H2,17,18,19). The lowest BCUT2D eigenvalue weighted by molar-refractivity contribution is 0.248. The highest BCUT2D eigenvalue weighted by molar-refractivity contribution is 5.91. The molecule has 1 fully saturated rings. The van der Waals surface area contributed by atoms with Gasteiger partial charge in [0.1, 0.15) is 18.2 Å². The molecule has 0 radical (unpaired) electrons. The third-order valence-electron chi connectivity index (χ3n) is 3.21. The van der Waals surface area contributed by atoms with Crippen molar-refractivity contribution in [3.63, 3.8) is 0 Å². The average molecular weight is 276 g/mol. The van der Waals surface area contributed by atoms with Gasteiger partial charge in [-0.3, -0.25) is 5.41 Å². The Labute approximate surface area is 118 Å². The van der Waals surface area contributed by atoms with Crippen LogP contribution in [-0.4, -0.2) is 24.5 Å². The molecule has 1 aromatic carbocycles. The van der Waals surface area contributed by atoms with Crippen molar-refractivity contribution in [2.75, 3.05) is 11.9 Å². The van der Waals surface area contributed by atoms with Gasteiger partial charge in [-0.25, -0.2) is 4.79 Å². The number of amides is 2. The summed E-state index contributed by atoms with van der Waals surface area (Å²) in [7, 11) is 0. The van der Waals surface area contributed by atoms with E-state index in [-0.39, 0.29) is 24.5 Å². The van der Waals surface area contributed by atoms with Crippen LogP contribution in [0.1, 0.15) is 25.7 Å². The fraction of sp³-hybridized carbons (Fsp3) is 0.429. The molecule has 2 rings (SSSR count). The number of carbonyl (C=O) groups excluding carboxylic acids is 1. The molecule has 1 aliphatic rings. The maximum Gasteiger partial charge on any atom is 0.319 e. The number of urea groups is 1. The Morgan fingerprint density at radius 3 is 2.75 bits per heavy atom. The van der Waals surface area contributed by atoms with Crippen molar-refractivity contribution in [1.29, 1.82) is 5.41 Å². The molecule has 1 saturated carbocycles. The van der Waals surface area contributed by atoms with E-state index in [1.54, 1.807) is 18.2 Å². The monoisotopic (exact) mass is 276 g/mol. The lowest BCUT2D eigenvalue weighted by Crippen LogP contribution is -2.36. The second-order valence-corrected chi connectivity index (χ2v) is 4.89. The number of nitrogens with one attached hydrogen (secondary N) is 3. The van der Waals surface area contributed by atoms with Gasteiger partial charge in [0.15, 0.2) is 0 Å². The summed E-state index contributed by atoms with van der Waals surface area (Å²) in [5.41, 5.74) is 5.83. The lowest BCUT2D eigenvalue weighted by Gasteiger charge is -2.15. The van der Waals surface area contributed by atoms with Crippen LogP contribution < -0.4 is 21.1 Å². The van der Waals surface area contributed by atoms with Crippen LogP contribution in [0.5, 0.6) is 5.75 Å². The van der Waals surface area contributed by atoms with E-state index in [0.29, 0.717) is 11.4 Å². The predicted molar refractivity (Wildman–Crippen MR) is 78.3 cm³/mol. The first-order chi connectivity index (χ1) is 9.65. The zero-order valence-electron chi connectivity index (χ0n) is 11.3. The Morgan fingerprint density at radius 1 is 1.35 bits per heavy atom. The minimum absolute atomic E-state index is 0.00291. The minimum atomic E-state index is -0.226. The van der Waals surface area contributed by atoms with E-state index in [0.717, 1.165) is 12.8 Å². The van der Waals surface area contributed by atoms with E-state index in [4.69, 9.17) is 15.9 Å². The molecule has 5 N–H and O–H groups in total. The SMILES string of the molecule is N=C(N)COc1ccccc1NC(=O)NC1CCCC1. The van der Waals surface area contributed by atoms with E-state index in [2.05, 4.69) is 10.6 Å². The number of rotatable bonds is 5. The highest BCUT2D eigenvalue weighted by Gasteiger charge is 2.17. The first-order valence-electron chi connectivity index (χ1n) is 6.77. The van der Waals surface area contributed by atoms with Crippen molar-refractivity contribution in [3.8, 4) is 5.75 Å². The molecule has 2 amide bonds. The Morgan fingerprint density at radius 2 is 2.05 bits per heavy atom. The number of hydrogen-bond acceptors (Lipinski definition) is 3. The number of anilines is 1. The van der Waals surface area contributed by atoms with Crippen LogP contribution >= 0.6 is 0 Å². The number of hydrogen-bond donors (Lipinski definition) is 4. The molecular formula is C14H20N4O2. The number of nitrogens with two attached hydrogens (primary N) is 1. The minimum Gasteiger partial charge on any atom is -0.484 e. The number of amidine groups is 1. The van der Waals surface area contributed by atoms with Crippen molar-refractivity contribution in [2.24, 2.45) is 5.73 Å². The van der Waals surface area contributed by atoms with Crippen LogP contribution in [0.4, 0.5) is 10.5 Å². The fourth-order valence-electron chi connectivity index (χ4n) is 2.27. The van der Waals surface area contributed by atoms with E-state index in [1.165, 1.54) is 12.8 Å². The maximum atomic E-state index is 11.9. The summed E-state index contributed by atoms with van der Waals surface area (Å²) >= 11 is 0. The number of carbonyl (C=O) groups is 1. The molecule has 108 valence electrons. The first kappa shape index (κ1) is 14.2. The van der Waals surface area contributed by atoms with Crippen molar-refractivity contribution >= 4 is 17.6 Å². The molecule has 0 saturated heterocycles. The molecule has 0 bridgehead atoms. The lowest BCUT2D eigenvalue weighted by atomic mass is 10.2. The summed E-state index contributed by atoms with van der Waals surface area (Å²) in [6.45, 7) is 0.00291. The third kappa shape index (κ3) is 4.15. The average Bonchev–Trinajstić information content (AvgIpc) is 2.90. The zero-order valence-corrected chi connectivity index (χ0v) is 11.3. The second kappa shape index (κ2) is 6.79. The molecule has 20 heavy (non-hydrogen) atoms. The number of para-hydroxylation sites is 2. The second-order valence-electron chi connectivity index (χ2n) is 4.89. The highest BCUT2D eigenvalue weighted by Crippen LogP contribution is 2.24. The molecule has 0 atom stereocenters.